The van der Waals surface area contributed by atoms with Crippen LogP contribution in [0.1, 0.15) is 11.3 Å². The molecule has 0 aliphatic carbocycles. The van der Waals surface area contributed by atoms with E-state index < -0.39 is 34.5 Å². The fourth-order valence-electron chi connectivity index (χ4n) is 1.88. The molecule has 1 amide bonds. The summed E-state index contributed by atoms with van der Waals surface area (Å²) in [4.78, 5) is 35.1. The van der Waals surface area contributed by atoms with Crippen LogP contribution in [-0.4, -0.2) is 22.0 Å². The van der Waals surface area contributed by atoms with Gasteiger partial charge in [-0.2, -0.15) is 5.23 Å². The molecule has 2 rings (SSSR count). The standard InChI is InChI=1S/C15H14N2O7/c1-8-2-3-9(17(22)23)6-10(8)16-15(21)12(19)7-13-14(20)11(18)4-5-24-13/h2-6,17,20,22H,7H2,1H3,(H,16,21). The highest BCUT2D eigenvalue weighted by atomic mass is 16.8. The van der Waals surface area contributed by atoms with Crippen molar-refractivity contribution < 1.29 is 29.5 Å². The van der Waals surface area contributed by atoms with Gasteiger partial charge in [0.15, 0.2) is 11.4 Å². The van der Waals surface area contributed by atoms with E-state index in [-0.39, 0.29) is 17.1 Å². The van der Waals surface area contributed by atoms with E-state index in [1.54, 1.807) is 6.92 Å². The number of Topliss-reactive ketones (excluding diaryl/α,β-unsaturated/α-hetero) is 1. The third kappa shape index (κ3) is 3.84. The van der Waals surface area contributed by atoms with Gasteiger partial charge in [-0.3, -0.25) is 14.4 Å². The van der Waals surface area contributed by atoms with Gasteiger partial charge in [-0.15, -0.1) is 0 Å². The van der Waals surface area contributed by atoms with Crippen LogP contribution in [0.5, 0.6) is 5.75 Å². The number of hydrogen-bond acceptors (Lipinski definition) is 7. The average Bonchev–Trinajstić information content (AvgIpc) is 2.53. The molecule has 0 radical (unpaired) electrons. The van der Waals surface area contributed by atoms with Gasteiger partial charge in [-0.05, 0) is 12.5 Å². The summed E-state index contributed by atoms with van der Waals surface area (Å²) in [6.45, 7) is 1.63. The van der Waals surface area contributed by atoms with Crippen molar-refractivity contribution in [3.05, 3.63) is 57.3 Å². The van der Waals surface area contributed by atoms with E-state index in [2.05, 4.69) is 5.32 Å². The van der Waals surface area contributed by atoms with Gasteiger partial charge in [-0.25, -0.2) is 5.21 Å². The average molecular weight is 334 g/mol. The Morgan fingerprint density at radius 2 is 2.04 bits per heavy atom. The van der Waals surface area contributed by atoms with E-state index >= 15 is 0 Å². The Balaban J connectivity index is 2.15. The predicted molar refractivity (Wildman–Crippen MR) is 80.9 cm³/mol. The lowest BCUT2D eigenvalue weighted by atomic mass is 10.1. The van der Waals surface area contributed by atoms with Gasteiger partial charge < -0.3 is 20.0 Å². The molecule has 9 nitrogen and oxygen atoms in total. The molecular formula is C15H14N2O7. The summed E-state index contributed by atoms with van der Waals surface area (Å²) in [5, 5.41) is 30.5. The minimum Gasteiger partial charge on any atom is -0.595 e. The number of ketones is 1. The van der Waals surface area contributed by atoms with Crippen molar-refractivity contribution in [1.82, 2.24) is 0 Å². The SMILES string of the molecule is Cc1ccc([NH+]([O-])O)cc1NC(=O)C(=O)Cc1occc(=O)c1O. The maximum atomic E-state index is 11.9. The quantitative estimate of drug-likeness (QED) is 0.438. The minimum absolute atomic E-state index is 0.0463. The smallest absolute Gasteiger partial charge is 0.292 e. The lowest BCUT2D eigenvalue weighted by Gasteiger charge is -2.14. The summed E-state index contributed by atoms with van der Waals surface area (Å²) < 4.78 is 4.86. The molecular weight excluding hydrogens is 320 g/mol. The first-order valence-electron chi connectivity index (χ1n) is 6.77. The summed E-state index contributed by atoms with van der Waals surface area (Å²) in [6, 6.07) is 5.06. The lowest BCUT2D eigenvalue weighted by Crippen LogP contribution is -2.99. The van der Waals surface area contributed by atoms with E-state index in [0.29, 0.717) is 5.56 Å². The number of carbonyl (C=O) groups is 2. The van der Waals surface area contributed by atoms with Crippen molar-refractivity contribution in [1.29, 1.82) is 0 Å². The highest BCUT2D eigenvalue weighted by Crippen LogP contribution is 2.18. The molecule has 24 heavy (non-hydrogen) atoms. The van der Waals surface area contributed by atoms with E-state index in [9.17, 15) is 24.7 Å². The van der Waals surface area contributed by atoms with Crippen molar-refractivity contribution in [2.45, 2.75) is 13.3 Å². The molecule has 0 saturated heterocycles. The highest BCUT2D eigenvalue weighted by molar-refractivity contribution is 6.41. The largest absolute Gasteiger partial charge is 0.595 e. The molecule has 4 N–H and O–H groups in total. The number of nitrogens with one attached hydrogen (secondary N) is 2. The number of carbonyl (C=O) groups excluding carboxylic acids is 2. The first kappa shape index (κ1) is 17.3. The zero-order valence-electron chi connectivity index (χ0n) is 12.5. The number of quaternary nitrogens is 1. The molecule has 0 spiro atoms. The van der Waals surface area contributed by atoms with Crippen LogP contribution in [-0.2, 0) is 16.0 Å². The fraction of sp³-hybridized carbons (Fsp3) is 0.133. The maximum Gasteiger partial charge on any atom is 0.292 e. The van der Waals surface area contributed by atoms with Crippen LogP contribution in [0.4, 0.5) is 11.4 Å². The predicted octanol–water partition coefficient (Wildman–Crippen LogP) is -0.192. The van der Waals surface area contributed by atoms with Gasteiger partial charge in [0.2, 0.25) is 17.0 Å². The zero-order chi connectivity index (χ0) is 17.9. The molecule has 0 bridgehead atoms. The Kier molecular flexibility index (Phi) is 5.09. The molecule has 1 atom stereocenters. The van der Waals surface area contributed by atoms with E-state index in [1.165, 1.54) is 18.2 Å². The topological polar surface area (TPSA) is 144 Å². The molecule has 1 heterocycles. The number of aromatic hydroxyl groups is 1. The van der Waals surface area contributed by atoms with Gasteiger partial charge in [0.25, 0.3) is 5.91 Å². The monoisotopic (exact) mass is 334 g/mol. The van der Waals surface area contributed by atoms with Gasteiger partial charge in [0.1, 0.15) is 0 Å². The minimum atomic E-state index is -1.17. The Morgan fingerprint density at radius 3 is 2.71 bits per heavy atom. The number of aryl methyl sites for hydroxylation is 1. The second-order valence-electron chi connectivity index (χ2n) is 4.95. The Hall–Kier alpha value is -3.01. The summed E-state index contributed by atoms with van der Waals surface area (Å²) >= 11 is 0. The van der Waals surface area contributed by atoms with Gasteiger partial charge >= 0.3 is 0 Å². The maximum absolute atomic E-state index is 11.9. The van der Waals surface area contributed by atoms with Gasteiger partial charge in [-0.1, -0.05) is 6.07 Å². The normalized spacial score (nSPS) is 11.8. The van der Waals surface area contributed by atoms with Crippen LogP contribution < -0.4 is 16.0 Å². The van der Waals surface area contributed by atoms with Crippen LogP contribution in [0.25, 0.3) is 0 Å². The zero-order valence-corrected chi connectivity index (χ0v) is 12.5. The number of rotatable bonds is 5. The molecule has 2 aromatic rings. The molecule has 0 fully saturated rings. The molecule has 0 aliphatic rings. The summed E-state index contributed by atoms with van der Waals surface area (Å²) in [7, 11) is 0. The lowest BCUT2D eigenvalue weighted by molar-refractivity contribution is -0.991. The number of hydrogen-bond donors (Lipinski definition) is 4. The molecule has 126 valence electrons. The van der Waals surface area contributed by atoms with Crippen LogP contribution in [0, 0.1) is 12.1 Å². The number of amides is 1. The Labute approximate surface area is 135 Å². The molecule has 9 heteroatoms. The third-order valence-electron chi connectivity index (χ3n) is 3.23. The van der Waals surface area contributed by atoms with Crippen molar-refractivity contribution >= 4 is 23.1 Å². The van der Waals surface area contributed by atoms with Crippen LogP contribution in [0.2, 0.25) is 0 Å². The van der Waals surface area contributed by atoms with Crippen LogP contribution in [0.3, 0.4) is 0 Å². The first-order valence-corrected chi connectivity index (χ1v) is 6.77. The van der Waals surface area contributed by atoms with Crippen molar-refractivity contribution in [3.8, 4) is 5.75 Å². The highest BCUT2D eigenvalue weighted by Gasteiger charge is 2.20. The Morgan fingerprint density at radius 1 is 1.33 bits per heavy atom. The number of benzene rings is 1. The molecule has 0 aliphatic heterocycles. The molecule has 1 aromatic carbocycles. The summed E-state index contributed by atoms with van der Waals surface area (Å²) in [5.41, 5.74) is -0.0354. The van der Waals surface area contributed by atoms with Crippen molar-refractivity contribution in [2.75, 3.05) is 5.32 Å². The van der Waals surface area contributed by atoms with E-state index in [4.69, 9.17) is 9.62 Å². The summed E-state index contributed by atoms with van der Waals surface area (Å²) in [6.07, 6.45) is 0.397. The van der Waals surface area contributed by atoms with Crippen molar-refractivity contribution in [3.63, 3.8) is 0 Å². The van der Waals surface area contributed by atoms with E-state index in [0.717, 1.165) is 12.3 Å². The van der Waals surface area contributed by atoms with Gasteiger partial charge in [0.05, 0.1) is 18.4 Å². The molecule has 1 unspecified atom stereocenters. The second-order valence-corrected chi connectivity index (χ2v) is 4.95. The van der Waals surface area contributed by atoms with Crippen LogP contribution >= 0.6 is 0 Å². The van der Waals surface area contributed by atoms with Crippen molar-refractivity contribution in [2.24, 2.45) is 0 Å². The molecule has 1 aromatic heterocycles. The second kappa shape index (κ2) is 7.04. The summed E-state index contributed by atoms with van der Waals surface area (Å²) in [5.74, 6) is -3.03. The van der Waals surface area contributed by atoms with Gasteiger partial charge in [0, 0.05) is 18.2 Å². The number of anilines is 1. The van der Waals surface area contributed by atoms with E-state index in [1.807, 2.05) is 0 Å². The fourth-order valence-corrected chi connectivity index (χ4v) is 1.88. The third-order valence-corrected chi connectivity index (χ3v) is 3.23. The Bertz CT molecular complexity index is 842. The molecule has 0 saturated carbocycles. The first-order chi connectivity index (χ1) is 11.3. The van der Waals surface area contributed by atoms with Crippen LogP contribution in [0.15, 0.2) is 39.7 Å².